The van der Waals surface area contributed by atoms with Crippen molar-refractivity contribution in [3.05, 3.63) is 41.8 Å². The number of nitrogens with zero attached hydrogens (tertiary/aromatic N) is 1. The van der Waals surface area contributed by atoms with Gasteiger partial charge in [-0.3, -0.25) is 0 Å². The Morgan fingerprint density at radius 2 is 2.18 bits per heavy atom. The van der Waals surface area contributed by atoms with Crippen molar-refractivity contribution in [3.63, 3.8) is 0 Å². The summed E-state index contributed by atoms with van der Waals surface area (Å²) in [7, 11) is 0. The van der Waals surface area contributed by atoms with Crippen molar-refractivity contribution in [2.24, 2.45) is 4.99 Å². The number of benzene rings is 1. The van der Waals surface area contributed by atoms with Crippen LogP contribution in [0.2, 0.25) is 0 Å². The molecule has 0 saturated heterocycles. The molecular weight excluding hydrogens is 218 g/mol. The number of esters is 1. The fourth-order valence-corrected chi connectivity index (χ4v) is 1.79. The third kappa shape index (κ3) is 1.63. The van der Waals surface area contributed by atoms with Gasteiger partial charge in [0.1, 0.15) is 5.58 Å². The average Bonchev–Trinajstić information content (AvgIpc) is 2.87. The summed E-state index contributed by atoms with van der Waals surface area (Å²) in [5, 5.41) is 0.992. The Morgan fingerprint density at radius 3 is 2.94 bits per heavy atom. The van der Waals surface area contributed by atoms with Crippen LogP contribution >= 0.6 is 0 Å². The lowest BCUT2D eigenvalue weighted by Gasteiger charge is -1.95. The molecule has 0 atom stereocenters. The van der Waals surface area contributed by atoms with Crippen LogP contribution in [0.25, 0.3) is 17.0 Å². The first-order chi connectivity index (χ1) is 8.24. The highest BCUT2D eigenvalue weighted by atomic mass is 16.6. The molecule has 3 rings (SSSR count). The van der Waals surface area contributed by atoms with Crippen LogP contribution in [0.3, 0.4) is 0 Å². The molecule has 2 aromatic rings. The Balaban J connectivity index is 2.14. The second-order valence-electron chi connectivity index (χ2n) is 3.74. The zero-order chi connectivity index (χ0) is 11.8. The van der Waals surface area contributed by atoms with E-state index in [4.69, 9.17) is 9.15 Å². The minimum absolute atomic E-state index is 0.298. The van der Waals surface area contributed by atoms with Gasteiger partial charge in [-0.25, -0.2) is 9.79 Å². The highest BCUT2D eigenvalue weighted by Gasteiger charge is 2.20. The molecule has 0 radical (unpaired) electrons. The van der Waals surface area contributed by atoms with E-state index in [1.807, 2.05) is 24.3 Å². The van der Waals surface area contributed by atoms with Crippen molar-refractivity contribution in [1.29, 1.82) is 0 Å². The van der Waals surface area contributed by atoms with Crippen LogP contribution in [0.5, 0.6) is 0 Å². The van der Waals surface area contributed by atoms with E-state index in [9.17, 15) is 4.79 Å². The maximum Gasteiger partial charge on any atom is 0.363 e. The number of furan rings is 1. The minimum Gasteiger partial charge on any atom is -0.464 e. The first-order valence-corrected chi connectivity index (χ1v) is 5.19. The number of aliphatic imine (C=N–C) groups is 1. The van der Waals surface area contributed by atoms with E-state index in [1.165, 1.54) is 0 Å². The fourth-order valence-electron chi connectivity index (χ4n) is 1.79. The van der Waals surface area contributed by atoms with Crippen LogP contribution in [0, 0.1) is 0 Å². The lowest BCUT2D eigenvalue weighted by Crippen LogP contribution is -1.99. The van der Waals surface area contributed by atoms with Crippen molar-refractivity contribution in [3.8, 4) is 0 Å². The van der Waals surface area contributed by atoms with Crippen LogP contribution in [-0.4, -0.2) is 11.9 Å². The van der Waals surface area contributed by atoms with Crippen LogP contribution in [0.4, 0.5) is 0 Å². The largest absolute Gasteiger partial charge is 0.464 e. The molecule has 0 saturated carbocycles. The van der Waals surface area contributed by atoms with Crippen molar-refractivity contribution < 1.29 is 13.9 Å². The summed E-state index contributed by atoms with van der Waals surface area (Å²) in [5.41, 5.74) is 1.86. The van der Waals surface area contributed by atoms with Gasteiger partial charge in [0.2, 0.25) is 0 Å². The smallest absolute Gasteiger partial charge is 0.363 e. The number of hydrogen-bond acceptors (Lipinski definition) is 4. The predicted octanol–water partition coefficient (Wildman–Crippen LogP) is 2.75. The van der Waals surface area contributed by atoms with Crippen LogP contribution < -0.4 is 0 Å². The Bertz CT molecular complexity index is 664. The van der Waals surface area contributed by atoms with Gasteiger partial charge in [-0.2, -0.15) is 0 Å². The van der Waals surface area contributed by atoms with E-state index in [0.29, 0.717) is 11.6 Å². The van der Waals surface area contributed by atoms with Crippen molar-refractivity contribution in [2.75, 3.05) is 0 Å². The second kappa shape index (κ2) is 3.59. The molecule has 0 fully saturated rings. The Labute approximate surface area is 97.2 Å². The minimum atomic E-state index is -0.425. The third-order valence-electron chi connectivity index (χ3n) is 2.53. The third-order valence-corrected chi connectivity index (χ3v) is 2.53. The second-order valence-corrected chi connectivity index (χ2v) is 3.74. The highest BCUT2D eigenvalue weighted by Crippen LogP contribution is 2.23. The monoisotopic (exact) mass is 227 g/mol. The maximum atomic E-state index is 11.4. The van der Waals surface area contributed by atoms with E-state index in [2.05, 4.69) is 4.99 Å². The number of para-hydroxylation sites is 1. The average molecular weight is 227 g/mol. The zero-order valence-corrected chi connectivity index (χ0v) is 9.14. The molecule has 0 amide bonds. The highest BCUT2D eigenvalue weighted by molar-refractivity contribution is 6.07. The summed E-state index contributed by atoms with van der Waals surface area (Å²) in [6.07, 6.45) is 3.29. The van der Waals surface area contributed by atoms with E-state index in [-0.39, 0.29) is 0 Å². The normalized spacial score (nSPS) is 17.6. The summed E-state index contributed by atoms with van der Waals surface area (Å²) in [6.45, 7) is 1.65. The van der Waals surface area contributed by atoms with Gasteiger partial charge in [0.15, 0.2) is 11.6 Å². The molecule has 0 spiro atoms. The summed E-state index contributed by atoms with van der Waals surface area (Å²) < 4.78 is 10.2. The van der Waals surface area contributed by atoms with Gasteiger partial charge in [-0.1, -0.05) is 18.2 Å². The van der Waals surface area contributed by atoms with Gasteiger partial charge < -0.3 is 9.15 Å². The van der Waals surface area contributed by atoms with E-state index in [0.717, 1.165) is 16.5 Å². The fraction of sp³-hybridized carbons (Fsp3) is 0.0769. The molecular formula is C13H9NO3. The van der Waals surface area contributed by atoms with Gasteiger partial charge in [0, 0.05) is 17.9 Å². The number of carbonyl (C=O) groups is 1. The predicted molar refractivity (Wildman–Crippen MR) is 63.4 cm³/mol. The van der Waals surface area contributed by atoms with Gasteiger partial charge in [0.05, 0.1) is 6.26 Å². The maximum absolute atomic E-state index is 11.4. The van der Waals surface area contributed by atoms with Crippen LogP contribution in [0.15, 0.2) is 45.6 Å². The first kappa shape index (κ1) is 9.84. The lowest BCUT2D eigenvalue weighted by molar-refractivity contribution is -0.130. The Kier molecular flexibility index (Phi) is 2.08. The van der Waals surface area contributed by atoms with E-state index >= 15 is 0 Å². The molecule has 1 aliphatic heterocycles. The standard InChI is InChI=1S/C13H9NO3/c1-8-14-11(13(15)17-8)7-10-4-2-3-9-5-6-16-12(9)10/h2-7H,1H3. The molecule has 1 aliphatic rings. The van der Waals surface area contributed by atoms with Crippen molar-refractivity contribution in [2.45, 2.75) is 6.92 Å². The quantitative estimate of drug-likeness (QED) is 0.556. The topological polar surface area (TPSA) is 51.8 Å². The number of rotatable bonds is 1. The molecule has 0 aliphatic carbocycles. The number of cyclic esters (lactones) is 1. The zero-order valence-electron chi connectivity index (χ0n) is 9.14. The molecule has 17 heavy (non-hydrogen) atoms. The van der Waals surface area contributed by atoms with Crippen molar-refractivity contribution in [1.82, 2.24) is 0 Å². The molecule has 4 heteroatoms. The number of ether oxygens (including phenoxy) is 1. The van der Waals surface area contributed by atoms with Gasteiger partial charge in [0.25, 0.3) is 0 Å². The number of hydrogen-bond donors (Lipinski definition) is 0. The molecule has 1 aromatic carbocycles. The number of fused-ring (bicyclic) bond motifs is 1. The summed E-state index contributed by atoms with van der Waals surface area (Å²) >= 11 is 0. The molecule has 0 N–H and O–H groups in total. The molecule has 0 bridgehead atoms. The summed E-state index contributed by atoms with van der Waals surface area (Å²) in [6, 6.07) is 7.59. The van der Waals surface area contributed by atoms with E-state index < -0.39 is 5.97 Å². The molecule has 84 valence electrons. The molecule has 2 heterocycles. The molecule has 4 nitrogen and oxygen atoms in total. The van der Waals surface area contributed by atoms with Gasteiger partial charge in [-0.05, 0) is 12.1 Å². The first-order valence-electron chi connectivity index (χ1n) is 5.19. The SMILES string of the molecule is CC1=NC(=Cc2cccc3ccoc23)C(=O)O1. The molecule has 1 aromatic heterocycles. The summed E-state index contributed by atoms with van der Waals surface area (Å²) in [5.74, 6) is -0.0565. The number of carbonyl (C=O) groups excluding carboxylic acids is 1. The van der Waals surface area contributed by atoms with Gasteiger partial charge in [-0.15, -0.1) is 0 Å². The van der Waals surface area contributed by atoms with Gasteiger partial charge >= 0.3 is 5.97 Å². The summed E-state index contributed by atoms with van der Waals surface area (Å²) in [4.78, 5) is 15.4. The molecule has 0 unspecified atom stereocenters. The van der Waals surface area contributed by atoms with Crippen LogP contribution in [0.1, 0.15) is 12.5 Å². The Morgan fingerprint density at radius 1 is 1.29 bits per heavy atom. The van der Waals surface area contributed by atoms with E-state index in [1.54, 1.807) is 19.3 Å². The lowest BCUT2D eigenvalue weighted by atomic mass is 10.1. The van der Waals surface area contributed by atoms with Crippen molar-refractivity contribution >= 4 is 28.9 Å². The Hall–Kier alpha value is -2.36. The van der Waals surface area contributed by atoms with Crippen LogP contribution in [-0.2, 0) is 9.53 Å².